The molecule has 2 heterocycles. The molecule has 1 aliphatic rings. The summed E-state index contributed by atoms with van der Waals surface area (Å²) in [5, 5.41) is 24.5. The fourth-order valence-corrected chi connectivity index (χ4v) is 4.65. The molecule has 0 saturated carbocycles. The SMILES string of the molecule is CC1CCN(CCCCCCCCCNCC(O)c2ccc(O)c3[nH]c(=O)ccc23)CC1. The van der Waals surface area contributed by atoms with Crippen LogP contribution in [-0.2, 0) is 0 Å². The number of likely N-dealkylation sites (tertiary alicyclic amines) is 1. The van der Waals surface area contributed by atoms with Gasteiger partial charge in [-0.05, 0) is 75.5 Å². The number of aliphatic hydroxyl groups excluding tert-OH is 1. The molecule has 0 spiro atoms. The van der Waals surface area contributed by atoms with Crippen LogP contribution in [0.15, 0.2) is 29.1 Å². The summed E-state index contributed by atoms with van der Waals surface area (Å²) >= 11 is 0. The maximum Gasteiger partial charge on any atom is 0.248 e. The number of unbranched alkanes of at least 4 members (excludes halogenated alkanes) is 6. The van der Waals surface area contributed by atoms with Crippen molar-refractivity contribution >= 4 is 10.9 Å². The van der Waals surface area contributed by atoms with Crippen molar-refractivity contribution in [3.63, 3.8) is 0 Å². The molecule has 1 saturated heterocycles. The van der Waals surface area contributed by atoms with Gasteiger partial charge in [0, 0.05) is 18.0 Å². The van der Waals surface area contributed by atoms with Crippen LogP contribution in [0.3, 0.4) is 0 Å². The monoisotopic (exact) mass is 443 g/mol. The Labute approximate surface area is 192 Å². The van der Waals surface area contributed by atoms with E-state index in [2.05, 4.69) is 22.1 Å². The Morgan fingerprint density at radius 1 is 1.03 bits per heavy atom. The molecule has 3 rings (SSSR count). The van der Waals surface area contributed by atoms with Crippen LogP contribution in [0.4, 0.5) is 0 Å². The quantitative estimate of drug-likeness (QED) is 0.346. The molecular formula is C26H41N3O3. The van der Waals surface area contributed by atoms with Crippen LogP contribution in [0, 0.1) is 5.92 Å². The largest absolute Gasteiger partial charge is 0.506 e. The van der Waals surface area contributed by atoms with Crippen LogP contribution in [0.5, 0.6) is 5.75 Å². The molecule has 2 aromatic rings. The zero-order chi connectivity index (χ0) is 22.8. The topological polar surface area (TPSA) is 88.6 Å². The molecule has 6 heteroatoms. The van der Waals surface area contributed by atoms with Crippen molar-refractivity contribution in [1.29, 1.82) is 0 Å². The standard InChI is InChI=1S/C26H41N3O3/c1-20-13-17-29(18-14-20)16-8-6-4-2-3-5-7-15-27-19-24(31)21-9-11-23(30)26-22(21)10-12-25(32)28-26/h9-12,20,24,27,30-31H,2-8,13-19H2,1H3,(H,28,32). The smallest absolute Gasteiger partial charge is 0.248 e. The molecule has 178 valence electrons. The molecule has 4 N–H and O–H groups in total. The molecule has 1 aromatic heterocycles. The molecule has 1 unspecified atom stereocenters. The number of phenolic OH excluding ortho intramolecular Hbond substituents is 1. The second-order valence-electron chi connectivity index (χ2n) is 9.50. The molecule has 0 bridgehead atoms. The second kappa shape index (κ2) is 13.0. The summed E-state index contributed by atoms with van der Waals surface area (Å²) in [5.74, 6) is 0.936. The van der Waals surface area contributed by atoms with Crippen molar-refractivity contribution < 1.29 is 10.2 Å². The van der Waals surface area contributed by atoms with Gasteiger partial charge in [0.1, 0.15) is 5.75 Å². The van der Waals surface area contributed by atoms with Crippen molar-refractivity contribution in [3.05, 3.63) is 40.2 Å². The summed E-state index contributed by atoms with van der Waals surface area (Å²) in [5.41, 5.74) is 0.814. The number of benzene rings is 1. The van der Waals surface area contributed by atoms with Gasteiger partial charge in [-0.3, -0.25) is 4.79 Å². The van der Waals surface area contributed by atoms with Crippen molar-refractivity contribution in [2.75, 3.05) is 32.7 Å². The molecular weight excluding hydrogens is 402 g/mol. The van der Waals surface area contributed by atoms with Crippen LogP contribution in [-0.4, -0.2) is 52.8 Å². The van der Waals surface area contributed by atoms with Crippen LogP contribution in [0.2, 0.25) is 0 Å². The second-order valence-corrected chi connectivity index (χ2v) is 9.50. The number of nitrogens with zero attached hydrogens (tertiary/aromatic N) is 1. The van der Waals surface area contributed by atoms with E-state index in [1.807, 2.05) is 0 Å². The molecule has 0 amide bonds. The third-order valence-electron chi connectivity index (χ3n) is 6.81. The molecule has 0 radical (unpaired) electrons. The number of aromatic hydroxyl groups is 1. The third kappa shape index (κ3) is 7.61. The van der Waals surface area contributed by atoms with Gasteiger partial charge in [-0.15, -0.1) is 0 Å². The zero-order valence-corrected chi connectivity index (χ0v) is 19.6. The molecule has 32 heavy (non-hydrogen) atoms. The average Bonchev–Trinajstić information content (AvgIpc) is 2.79. The Balaban J connectivity index is 1.22. The van der Waals surface area contributed by atoms with Gasteiger partial charge in [0.05, 0.1) is 11.6 Å². The van der Waals surface area contributed by atoms with Crippen molar-refractivity contribution in [2.45, 2.75) is 70.8 Å². The van der Waals surface area contributed by atoms with Gasteiger partial charge in [0.15, 0.2) is 0 Å². The van der Waals surface area contributed by atoms with Crippen LogP contribution in [0.25, 0.3) is 10.9 Å². The van der Waals surface area contributed by atoms with Gasteiger partial charge in [0.25, 0.3) is 0 Å². The van der Waals surface area contributed by atoms with Gasteiger partial charge in [-0.25, -0.2) is 0 Å². The molecule has 0 aliphatic carbocycles. The summed E-state index contributed by atoms with van der Waals surface area (Å²) < 4.78 is 0. The first-order valence-corrected chi connectivity index (χ1v) is 12.5. The van der Waals surface area contributed by atoms with E-state index >= 15 is 0 Å². The Morgan fingerprint density at radius 3 is 2.47 bits per heavy atom. The number of fused-ring (bicyclic) bond motifs is 1. The van der Waals surface area contributed by atoms with Gasteiger partial charge in [-0.2, -0.15) is 0 Å². The van der Waals surface area contributed by atoms with Crippen molar-refractivity contribution in [1.82, 2.24) is 15.2 Å². The fourth-order valence-electron chi connectivity index (χ4n) is 4.65. The first kappa shape index (κ1) is 24.7. The van der Waals surface area contributed by atoms with Gasteiger partial charge < -0.3 is 25.4 Å². The highest BCUT2D eigenvalue weighted by atomic mass is 16.3. The van der Waals surface area contributed by atoms with Gasteiger partial charge in [-0.1, -0.05) is 45.1 Å². The Bertz CT molecular complexity index is 874. The maximum absolute atomic E-state index is 11.5. The van der Waals surface area contributed by atoms with E-state index in [1.165, 1.54) is 83.1 Å². The van der Waals surface area contributed by atoms with E-state index in [4.69, 9.17) is 0 Å². The molecule has 6 nitrogen and oxygen atoms in total. The lowest BCUT2D eigenvalue weighted by molar-refractivity contribution is 0.176. The van der Waals surface area contributed by atoms with E-state index in [1.54, 1.807) is 12.1 Å². The minimum absolute atomic E-state index is 0.0164. The van der Waals surface area contributed by atoms with Crippen LogP contribution >= 0.6 is 0 Å². The number of hydrogen-bond acceptors (Lipinski definition) is 5. The number of aromatic amines is 1. The summed E-state index contributed by atoms with van der Waals surface area (Å²) in [7, 11) is 0. The van der Waals surface area contributed by atoms with E-state index in [-0.39, 0.29) is 11.3 Å². The first-order chi connectivity index (χ1) is 15.5. The third-order valence-corrected chi connectivity index (χ3v) is 6.81. The number of phenols is 1. The number of aliphatic hydroxyl groups is 1. The minimum atomic E-state index is -0.688. The van der Waals surface area contributed by atoms with E-state index in [0.29, 0.717) is 23.0 Å². The lowest BCUT2D eigenvalue weighted by atomic mass is 9.99. The number of rotatable bonds is 13. The molecule has 1 fully saturated rings. The number of hydrogen-bond donors (Lipinski definition) is 4. The number of H-pyrrole nitrogens is 1. The average molecular weight is 444 g/mol. The number of nitrogens with one attached hydrogen (secondary N) is 2. The summed E-state index contributed by atoms with van der Waals surface area (Å²) in [6.07, 6.45) is 11.0. The zero-order valence-electron chi connectivity index (χ0n) is 19.6. The Kier molecular flexibility index (Phi) is 10.0. The Hall–Kier alpha value is -1.89. The summed E-state index contributed by atoms with van der Waals surface area (Å²) in [6, 6.07) is 6.30. The number of piperidine rings is 1. The van der Waals surface area contributed by atoms with E-state index < -0.39 is 6.10 Å². The number of aromatic nitrogens is 1. The summed E-state index contributed by atoms with van der Waals surface area (Å²) in [4.78, 5) is 16.8. The first-order valence-electron chi connectivity index (χ1n) is 12.5. The molecule has 1 aliphatic heterocycles. The number of pyridine rings is 1. The van der Waals surface area contributed by atoms with Gasteiger partial charge in [0.2, 0.25) is 5.56 Å². The lowest BCUT2D eigenvalue weighted by Crippen LogP contribution is -2.33. The molecule has 1 atom stereocenters. The normalized spacial score (nSPS) is 16.6. The van der Waals surface area contributed by atoms with Crippen molar-refractivity contribution in [3.8, 4) is 5.75 Å². The maximum atomic E-state index is 11.5. The highest BCUT2D eigenvalue weighted by molar-refractivity contribution is 5.87. The molecule has 1 aromatic carbocycles. The predicted molar refractivity (Wildman–Crippen MR) is 131 cm³/mol. The fraction of sp³-hybridized carbons (Fsp3) is 0.654. The lowest BCUT2D eigenvalue weighted by Gasteiger charge is -2.30. The highest BCUT2D eigenvalue weighted by Gasteiger charge is 2.15. The van der Waals surface area contributed by atoms with Crippen LogP contribution < -0.4 is 10.9 Å². The van der Waals surface area contributed by atoms with Crippen LogP contribution in [0.1, 0.15) is 76.4 Å². The van der Waals surface area contributed by atoms with Gasteiger partial charge >= 0.3 is 0 Å². The Morgan fingerprint density at radius 2 is 1.72 bits per heavy atom. The van der Waals surface area contributed by atoms with E-state index in [9.17, 15) is 15.0 Å². The predicted octanol–water partition coefficient (Wildman–Crippen LogP) is 4.32. The van der Waals surface area contributed by atoms with E-state index in [0.717, 1.165) is 18.9 Å². The summed E-state index contributed by atoms with van der Waals surface area (Å²) in [6.45, 7) is 7.59. The van der Waals surface area contributed by atoms with Crippen molar-refractivity contribution in [2.24, 2.45) is 5.92 Å². The highest BCUT2D eigenvalue weighted by Crippen LogP contribution is 2.28. The minimum Gasteiger partial charge on any atom is -0.506 e.